The number of hydrogen-bond donors (Lipinski definition) is 1. The van der Waals surface area contributed by atoms with Crippen LogP contribution in [-0.4, -0.2) is 20.7 Å². The van der Waals surface area contributed by atoms with Crippen LogP contribution in [-0.2, 0) is 6.54 Å². The molecule has 1 amide bonds. The summed E-state index contributed by atoms with van der Waals surface area (Å²) < 4.78 is 1.58. The van der Waals surface area contributed by atoms with Gasteiger partial charge in [-0.15, -0.1) is 0 Å². The Morgan fingerprint density at radius 1 is 0.931 bits per heavy atom. The van der Waals surface area contributed by atoms with E-state index in [2.05, 4.69) is 15.4 Å². The number of benzene rings is 2. The van der Waals surface area contributed by atoms with Gasteiger partial charge in [-0.3, -0.25) is 9.78 Å². The number of nitrogens with one attached hydrogen (secondary N) is 1. The molecule has 4 aromatic rings. The first-order chi connectivity index (χ1) is 14.1. The van der Waals surface area contributed by atoms with Crippen molar-refractivity contribution in [2.24, 2.45) is 0 Å². The van der Waals surface area contributed by atoms with Crippen molar-refractivity contribution in [2.45, 2.75) is 6.54 Å². The van der Waals surface area contributed by atoms with Gasteiger partial charge in [0.05, 0.1) is 21.4 Å². The van der Waals surface area contributed by atoms with Gasteiger partial charge in [-0.25, -0.2) is 4.68 Å². The summed E-state index contributed by atoms with van der Waals surface area (Å²) in [5, 5.41) is 8.40. The minimum Gasteiger partial charge on any atom is -0.347 e. The summed E-state index contributed by atoms with van der Waals surface area (Å²) in [7, 11) is 0. The predicted molar refractivity (Wildman–Crippen MR) is 114 cm³/mol. The zero-order chi connectivity index (χ0) is 20.2. The summed E-state index contributed by atoms with van der Waals surface area (Å²) in [5.41, 5.74) is 3.60. The highest BCUT2D eigenvalue weighted by molar-refractivity contribution is 6.42. The predicted octanol–water partition coefficient (Wildman–Crippen LogP) is 5.17. The van der Waals surface area contributed by atoms with Gasteiger partial charge in [-0.05, 0) is 42.0 Å². The lowest BCUT2D eigenvalue weighted by atomic mass is 10.1. The van der Waals surface area contributed by atoms with Crippen molar-refractivity contribution < 1.29 is 4.79 Å². The van der Waals surface area contributed by atoms with E-state index in [-0.39, 0.29) is 5.91 Å². The van der Waals surface area contributed by atoms with Gasteiger partial charge < -0.3 is 5.32 Å². The number of carbonyl (C=O) groups excluding carboxylic acids is 1. The topological polar surface area (TPSA) is 59.8 Å². The van der Waals surface area contributed by atoms with Crippen molar-refractivity contribution >= 4 is 29.1 Å². The van der Waals surface area contributed by atoms with E-state index in [0.29, 0.717) is 33.7 Å². The van der Waals surface area contributed by atoms with Gasteiger partial charge in [0.1, 0.15) is 5.69 Å². The molecule has 5 nitrogen and oxygen atoms in total. The zero-order valence-electron chi connectivity index (χ0n) is 15.2. The molecule has 1 N–H and O–H groups in total. The second kappa shape index (κ2) is 8.47. The number of halogens is 2. The van der Waals surface area contributed by atoms with Crippen LogP contribution in [0.2, 0.25) is 10.0 Å². The van der Waals surface area contributed by atoms with Crippen molar-refractivity contribution in [1.82, 2.24) is 20.1 Å². The largest absolute Gasteiger partial charge is 0.347 e. The third-order valence-corrected chi connectivity index (χ3v) is 5.10. The second-order valence-corrected chi connectivity index (χ2v) is 7.14. The first kappa shape index (κ1) is 19.2. The van der Waals surface area contributed by atoms with Crippen LogP contribution in [0.15, 0.2) is 79.1 Å². The van der Waals surface area contributed by atoms with Crippen LogP contribution >= 0.6 is 23.2 Å². The van der Waals surface area contributed by atoms with E-state index in [1.165, 1.54) is 0 Å². The Morgan fingerprint density at radius 2 is 1.69 bits per heavy atom. The standard InChI is InChI=1S/C22H16Cl2N4O/c23-18-7-6-17(12-19(18)24)28-21(13-20(27-28)16-4-2-1-3-5-16)22(29)26-14-15-8-10-25-11-9-15/h1-13H,14H2,(H,26,29). The maximum Gasteiger partial charge on any atom is 0.270 e. The Hall–Kier alpha value is -3.15. The molecular formula is C22H16Cl2N4O. The second-order valence-electron chi connectivity index (χ2n) is 6.33. The van der Waals surface area contributed by atoms with Gasteiger partial charge in [0.25, 0.3) is 5.91 Å². The molecule has 0 bridgehead atoms. The van der Waals surface area contributed by atoms with E-state index in [0.717, 1.165) is 11.1 Å². The van der Waals surface area contributed by atoms with Crippen LogP contribution in [0.4, 0.5) is 0 Å². The Balaban J connectivity index is 1.71. The first-order valence-electron chi connectivity index (χ1n) is 8.90. The van der Waals surface area contributed by atoms with E-state index in [4.69, 9.17) is 23.2 Å². The Labute approximate surface area is 177 Å². The number of carbonyl (C=O) groups is 1. The van der Waals surface area contributed by atoms with Gasteiger partial charge in [-0.2, -0.15) is 5.10 Å². The lowest BCUT2D eigenvalue weighted by Gasteiger charge is -2.09. The van der Waals surface area contributed by atoms with E-state index >= 15 is 0 Å². The van der Waals surface area contributed by atoms with Gasteiger partial charge in [-0.1, -0.05) is 53.5 Å². The van der Waals surface area contributed by atoms with Crippen LogP contribution in [0.3, 0.4) is 0 Å². The molecule has 0 aliphatic heterocycles. The average Bonchev–Trinajstić information content (AvgIpc) is 3.21. The van der Waals surface area contributed by atoms with Crippen molar-refractivity contribution in [2.75, 3.05) is 0 Å². The highest BCUT2D eigenvalue weighted by Gasteiger charge is 2.18. The van der Waals surface area contributed by atoms with Gasteiger partial charge in [0.2, 0.25) is 0 Å². The highest BCUT2D eigenvalue weighted by atomic mass is 35.5. The van der Waals surface area contributed by atoms with E-state index in [1.807, 2.05) is 42.5 Å². The zero-order valence-corrected chi connectivity index (χ0v) is 16.7. The fourth-order valence-corrected chi connectivity index (χ4v) is 3.17. The summed E-state index contributed by atoms with van der Waals surface area (Å²) in [6, 6.07) is 20.3. The molecule has 2 heterocycles. The molecule has 7 heteroatoms. The molecule has 0 fully saturated rings. The van der Waals surface area contributed by atoms with E-state index < -0.39 is 0 Å². The molecule has 0 saturated carbocycles. The minimum atomic E-state index is -0.248. The number of aromatic nitrogens is 3. The molecule has 0 unspecified atom stereocenters. The first-order valence-corrected chi connectivity index (χ1v) is 9.65. The van der Waals surface area contributed by atoms with Crippen molar-refractivity contribution in [3.05, 3.63) is 100 Å². The monoisotopic (exact) mass is 422 g/mol. The third-order valence-electron chi connectivity index (χ3n) is 4.36. The molecule has 0 radical (unpaired) electrons. The van der Waals surface area contributed by atoms with Crippen molar-refractivity contribution in [1.29, 1.82) is 0 Å². The summed E-state index contributed by atoms with van der Waals surface area (Å²) in [4.78, 5) is 16.9. The molecule has 2 aromatic heterocycles. The molecule has 0 aliphatic carbocycles. The molecule has 29 heavy (non-hydrogen) atoms. The van der Waals surface area contributed by atoms with Crippen LogP contribution in [0.1, 0.15) is 16.1 Å². The van der Waals surface area contributed by atoms with E-state index in [9.17, 15) is 4.79 Å². The maximum absolute atomic E-state index is 13.0. The molecule has 144 valence electrons. The fourth-order valence-electron chi connectivity index (χ4n) is 2.88. The number of hydrogen-bond acceptors (Lipinski definition) is 3. The van der Waals surface area contributed by atoms with Crippen LogP contribution < -0.4 is 5.32 Å². The highest BCUT2D eigenvalue weighted by Crippen LogP contribution is 2.27. The summed E-state index contributed by atoms with van der Waals surface area (Å²) in [6.45, 7) is 0.384. The number of pyridine rings is 1. The lowest BCUT2D eigenvalue weighted by Crippen LogP contribution is -2.25. The van der Waals surface area contributed by atoms with E-state index in [1.54, 1.807) is 41.3 Å². The SMILES string of the molecule is O=C(NCc1ccncc1)c1cc(-c2ccccc2)nn1-c1ccc(Cl)c(Cl)c1. The quantitative estimate of drug-likeness (QED) is 0.482. The molecule has 2 aromatic carbocycles. The van der Waals surface area contributed by atoms with Crippen molar-refractivity contribution in [3.63, 3.8) is 0 Å². The molecule has 0 saturated heterocycles. The maximum atomic E-state index is 13.0. The molecule has 0 atom stereocenters. The van der Waals surface area contributed by atoms with Crippen LogP contribution in [0, 0.1) is 0 Å². The molecule has 4 rings (SSSR count). The summed E-state index contributed by atoms with van der Waals surface area (Å²) in [5.74, 6) is -0.248. The third kappa shape index (κ3) is 4.31. The molecular weight excluding hydrogens is 407 g/mol. The van der Waals surface area contributed by atoms with Crippen LogP contribution in [0.25, 0.3) is 16.9 Å². The molecule has 0 aliphatic rings. The van der Waals surface area contributed by atoms with Gasteiger partial charge >= 0.3 is 0 Å². The number of rotatable bonds is 5. The fraction of sp³-hybridized carbons (Fsp3) is 0.0455. The number of nitrogens with zero attached hydrogens (tertiary/aromatic N) is 3. The number of amides is 1. The van der Waals surface area contributed by atoms with Gasteiger partial charge in [0, 0.05) is 24.5 Å². The normalized spacial score (nSPS) is 10.7. The van der Waals surface area contributed by atoms with Crippen LogP contribution in [0.5, 0.6) is 0 Å². The smallest absolute Gasteiger partial charge is 0.270 e. The van der Waals surface area contributed by atoms with Crippen molar-refractivity contribution in [3.8, 4) is 16.9 Å². The Kier molecular flexibility index (Phi) is 5.60. The lowest BCUT2D eigenvalue weighted by molar-refractivity contribution is 0.0943. The average molecular weight is 423 g/mol. The minimum absolute atomic E-state index is 0.248. The molecule has 0 spiro atoms. The summed E-state index contributed by atoms with van der Waals surface area (Å²) >= 11 is 12.2. The Bertz CT molecular complexity index is 1140. The van der Waals surface area contributed by atoms with Gasteiger partial charge in [0.15, 0.2) is 0 Å². The summed E-state index contributed by atoms with van der Waals surface area (Å²) in [6.07, 6.45) is 3.38. The Morgan fingerprint density at radius 3 is 2.41 bits per heavy atom.